The minimum atomic E-state index is -5.11. The number of hydrogen-bond acceptors (Lipinski definition) is 3. The third-order valence-electron chi connectivity index (χ3n) is 2.27. The Kier molecular flexibility index (Phi) is 5.24. The molecule has 1 aromatic rings. The molecular weight excluding hydrogens is 327 g/mol. The maximum absolute atomic E-state index is 13.5. The van der Waals surface area contributed by atoms with Crippen LogP contribution >= 0.6 is 0 Å². The van der Waals surface area contributed by atoms with E-state index in [2.05, 4.69) is 5.73 Å². The van der Waals surface area contributed by atoms with Gasteiger partial charge in [-0.1, -0.05) is 0 Å². The van der Waals surface area contributed by atoms with E-state index in [0.717, 1.165) is 0 Å². The van der Waals surface area contributed by atoms with Crippen LogP contribution in [0.3, 0.4) is 0 Å². The summed E-state index contributed by atoms with van der Waals surface area (Å²) >= 11 is 0. The summed E-state index contributed by atoms with van der Waals surface area (Å²) in [4.78, 5) is 21.9. The lowest BCUT2D eigenvalue weighted by molar-refractivity contribution is -0.114. The summed E-state index contributed by atoms with van der Waals surface area (Å²) in [6.45, 7) is 0. The number of amides is 3. The van der Waals surface area contributed by atoms with E-state index in [1.54, 1.807) is 5.32 Å². The lowest BCUT2D eigenvalue weighted by Gasteiger charge is -2.12. The van der Waals surface area contributed by atoms with Crippen LogP contribution in [-0.2, 0) is 4.79 Å². The third-order valence-corrected chi connectivity index (χ3v) is 2.27. The van der Waals surface area contributed by atoms with E-state index in [1.807, 2.05) is 0 Å². The first-order valence-corrected chi connectivity index (χ1v) is 5.60. The van der Waals surface area contributed by atoms with Gasteiger partial charge in [-0.05, 0) is 6.07 Å². The Morgan fingerprint density at radius 3 is 2.30 bits per heavy atom. The van der Waals surface area contributed by atoms with E-state index < -0.39 is 46.7 Å². The highest BCUT2D eigenvalue weighted by Gasteiger charge is 2.35. The monoisotopic (exact) mass is 334 g/mol. The minimum absolute atomic E-state index is 0.0969. The molecule has 0 spiro atoms. The number of nitrogens with one attached hydrogen (secondary N) is 2. The van der Waals surface area contributed by atoms with Gasteiger partial charge in [-0.15, -0.1) is 0 Å². The van der Waals surface area contributed by atoms with Gasteiger partial charge in [0.05, 0.1) is 11.3 Å². The van der Waals surface area contributed by atoms with Crippen molar-refractivity contribution in [2.45, 2.75) is 6.18 Å². The zero-order chi connectivity index (χ0) is 17.8. The minimum Gasteiger partial charge on any atom is -0.351 e. The molecule has 0 aliphatic heterocycles. The zero-order valence-corrected chi connectivity index (χ0v) is 11.0. The molecule has 0 unspecified atom stereocenters. The molecule has 6 nitrogen and oxygen atoms in total. The molecule has 0 saturated carbocycles. The zero-order valence-electron chi connectivity index (χ0n) is 11.0. The lowest BCUT2D eigenvalue weighted by Crippen LogP contribution is -2.36. The number of nitriles is 1. The SMILES string of the molecule is N#Cc1cc(F)c(NC(=O)/C=C(\NC(N)=O)C(F)(F)F)cc1F. The highest BCUT2D eigenvalue weighted by atomic mass is 19.4. The lowest BCUT2D eigenvalue weighted by atomic mass is 10.2. The maximum Gasteiger partial charge on any atom is 0.431 e. The molecule has 23 heavy (non-hydrogen) atoms. The molecule has 4 N–H and O–H groups in total. The van der Waals surface area contributed by atoms with E-state index in [1.165, 1.54) is 11.4 Å². The van der Waals surface area contributed by atoms with Crippen LogP contribution < -0.4 is 16.4 Å². The predicted octanol–water partition coefficient (Wildman–Crippen LogP) is 1.89. The van der Waals surface area contributed by atoms with Gasteiger partial charge in [0.1, 0.15) is 23.4 Å². The topological polar surface area (TPSA) is 108 Å². The quantitative estimate of drug-likeness (QED) is 0.580. The van der Waals surface area contributed by atoms with Gasteiger partial charge < -0.3 is 16.4 Å². The molecule has 0 aliphatic carbocycles. The first-order valence-electron chi connectivity index (χ1n) is 5.60. The predicted molar refractivity (Wildman–Crippen MR) is 66.6 cm³/mol. The summed E-state index contributed by atoms with van der Waals surface area (Å²) in [5, 5.41) is 11.3. The van der Waals surface area contributed by atoms with Crippen molar-refractivity contribution in [2.24, 2.45) is 5.73 Å². The molecule has 0 heterocycles. The smallest absolute Gasteiger partial charge is 0.351 e. The molecule has 0 saturated heterocycles. The fourth-order valence-electron chi connectivity index (χ4n) is 1.35. The number of primary amides is 1. The van der Waals surface area contributed by atoms with Crippen LogP contribution in [0, 0.1) is 23.0 Å². The van der Waals surface area contributed by atoms with Crippen LogP contribution in [0.2, 0.25) is 0 Å². The van der Waals surface area contributed by atoms with Crippen molar-refractivity contribution in [1.82, 2.24) is 5.32 Å². The number of anilines is 1. The van der Waals surface area contributed by atoms with Crippen molar-refractivity contribution in [3.05, 3.63) is 41.1 Å². The van der Waals surface area contributed by atoms with Gasteiger partial charge >= 0.3 is 12.2 Å². The van der Waals surface area contributed by atoms with E-state index in [-0.39, 0.29) is 6.08 Å². The molecular formula is C12H7F5N4O2. The molecule has 0 bridgehead atoms. The van der Waals surface area contributed by atoms with Crippen LogP contribution in [0.4, 0.5) is 32.4 Å². The molecule has 3 amide bonds. The van der Waals surface area contributed by atoms with E-state index in [0.29, 0.717) is 12.1 Å². The summed E-state index contributed by atoms with van der Waals surface area (Å²) < 4.78 is 64.4. The van der Waals surface area contributed by atoms with E-state index in [9.17, 15) is 31.5 Å². The number of carbonyl (C=O) groups excluding carboxylic acids is 2. The van der Waals surface area contributed by atoms with Crippen LogP contribution in [0.5, 0.6) is 0 Å². The first-order chi connectivity index (χ1) is 10.5. The molecule has 0 aromatic heterocycles. The molecule has 0 radical (unpaired) electrons. The maximum atomic E-state index is 13.5. The number of rotatable bonds is 3. The summed E-state index contributed by atoms with van der Waals surface area (Å²) in [6.07, 6.45) is -5.21. The van der Waals surface area contributed by atoms with Crippen LogP contribution in [0.25, 0.3) is 0 Å². The summed E-state index contributed by atoms with van der Waals surface area (Å²) in [7, 11) is 0. The molecule has 1 aromatic carbocycles. The van der Waals surface area contributed by atoms with Crippen molar-refractivity contribution < 1.29 is 31.5 Å². The van der Waals surface area contributed by atoms with Gasteiger partial charge in [0.25, 0.3) is 5.91 Å². The second kappa shape index (κ2) is 6.73. The number of hydrogen-bond donors (Lipinski definition) is 3. The number of nitrogens with zero attached hydrogens (tertiary/aromatic N) is 1. The van der Waals surface area contributed by atoms with Crippen LogP contribution in [-0.4, -0.2) is 18.1 Å². The number of nitrogens with two attached hydrogens (primary N) is 1. The van der Waals surface area contributed by atoms with Crippen LogP contribution in [0.15, 0.2) is 23.9 Å². The number of halogens is 5. The normalized spacial score (nSPS) is 11.6. The van der Waals surface area contributed by atoms with Gasteiger partial charge in [0.2, 0.25) is 0 Å². The number of urea groups is 1. The van der Waals surface area contributed by atoms with Gasteiger partial charge in [-0.25, -0.2) is 13.6 Å². The second-order valence-corrected chi connectivity index (χ2v) is 3.96. The molecule has 1 rings (SSSR count). The van der Waals surface area contributed by atoms with Crippen molar-refractivity contribution in [3.63, 3.8) is 0 Å². The molecule has 11 heteroatoms. The highest BCUT2D eigenvalue weighted by molar-refractivity contribution is 6.00. The largest absolute Gasteiger partial charge is 0.431 e. The van der Waals surface area contributed by atoms with Crippen molar-refractivity contribution in [2.75, 3.05) is 5.32 Å². The summed E-state index contributed by atoms with van der Waals surface area (Å²) in [5.74, 6) is -3.92. The Bertz CT molecular complexity index is 721. The molecule has 0 atom stereocenters. The average molecular weight is 334 g/mol. The number of alkyl halides is 3. The highest BCUT2D eigenvalue weighted by Crippen LogP contribution is 2.24. The third kappa shape index (κ3) is 4.95. The molecule has 0 fully saturated rings. The fourth-order valence-corrected chi connectivity index (χ4v) is 1.35. The van der Waals surface area contributed by atoms with Crippen molar-refractivity contribution in [1.29, 1.82) is 5.26 Å². The van der Waals surface area contributed by atoms with Crippen molar-refractivity contribution >= 4 is 17.6 Å². The van der Waals surface area contributed by atoms with Crippen molar-refractivity contribution in [3.8, 4) is 6.07 Å². The van der Waals surface area contributed by atoms with E-state index in [4.69, 9.17) is 5.26 Å². The number of allylic oxidation sites excluding steroid dienone is 1. The Hall–Kier alpha value is -3.16. The summed E-state index contributed by atoms with van der Waals surface area (Å²) in [5.41, 5.74) is 1.30. The number of carbonyl (C=O) groups is 2. The Balaban J connectivity index is 3.07. The summed E-state index contributed by atoms with van der Waals surface area (Å²) in [6, 6.07) is 0.653. The molecule has 122 valence electrons. The second-order valence-electron chi connectivity index (χ2n) is 3.96. The Morgan fingerprint density at radius 1 is 1.22 bits per heavy atom. The fraction of sp³-hybridized carbons (Fsp3) is 0.0833. The van der Waals surface area contributed by atoms with Crippen LogP contribution in [0.1, 0.15) is 5.56 Å². The van der Waals surface area contributed by atoms with Gasteiger partial charge in [-0.3, -0.25) is 4.79 Å². The number of benzene rings is 1. The first kappa shape index (κ1) is 17.9. The van der Waals surface area contributed by atoms with Gasteiger partial charge in [-0.2, -0.15) is 18.4 Å². The average Bonchev–Trinajstić information content (AvgIpc) is 2.40. The molecule has 0 aliphatic rings. The standard InChI is InChI=1S/C12H7F5N4O2/c13-6-2-8(7(14)1-5(6)4-18)20-10(22)3-9(12(15,16)17)21-11(19)23/h1-3H,(H,20,22)(H3,19,21,23)/b9-3-. The van der Waals surface area contributed by atoms with Gasteiger partial charge in [0, 0.05) is 12.1 Å². The Labute approximate surface area is 125 Å². The Morgan fingerprint density at radius 2 is 1.83 bits per heavy atom. The van der Waals surface area contributed by atoms with Gasteiger partial charge in [0.15, 0.2) is 0 Å². The van der Waals surface area contributed by atoms with E-state index >= 15 is 0 Å².